The summed E-state index contributed by atoms with van der Waals surface area (Å²) in [6, 6.07) is 6.91. The molecule has 1 aliphatic rings. The lowest BCUT2D eigenvalue weighted by Gasteiger charge is -2.09. The second kappa shape index (κ2) is 8.84. The molecule has 0 aliphatic heterocycles. The highest BCUT2D eigenvalue weighted by molar-refractivity contribution is 7.15. The van der Waals surface area contributed by atoms with Gasteiger partial charge in [-0.2, -0.15) is 0 Å². The van der Waals surface area contributed by atoms with Crippen LogP contribution in [0.4, 0.5) is 5.00 Å². The third-order valence-electron chi connectivity index (χ3n) is 4.41. The van der Waals surface area contributed by atoms with Crippen molar-refractivity contribution in [1.82, 2.24) is 5.32 Å². The van der Waals surface area contributed by atoms with Gasteiger partial charge < -0.3 is 15.4 Å². The van der Waals surface area contributed by atoms with Crippen molar-refractivity contribution >= 4 is 34.1 Å². The molecule has 2 N–H and O–H groups in total. The summed E-state index contributed by atoms with van der Waals surface area (Å²) in [5, 5.41) is 7.98. The number of ether oxygens (including phenoxy) is 1. The Morgan fingerprint density at radius 2 is 1.96 bits per heavy atom. The van der Waals surface area contributed by atoms with Crippen LogP contribution >= 0.6 is 11.3 Å². The van der Waals surface area contributed by atoms with Gasteiger partial charge in [0.2, 0.25) is 5.91 Å². The number of benzene rings is 1. The van der Waals surface area contributed by atoms with Crippen molar-refractivity contribution in [1.29, 1.82) is 0 Å². The normalized spacial score (nSPS) is 12.9. The van der Waals surface area contributed by atoms with Crippen LogP contribution in [-0.4, -0.2) is 24.4 Å². The van der Waals surface area contributed by atoms with Crippen LogP contribution in [0.15, 0.2) is 42.3 Å². The van der Waals surface area contributed by atoms with Crippen molar-refractivity contribution in [3.63, 3.8) is 0 Å². The van der Waals surface area contributed by atoms with Crippen molar-refractivity contribution in [3.05, 3.63) is 64.6 Å². The van der Waals surface area contributed by atoms with E-state index in [1.54, 1.807) is 31.2 Å². The first kappa shape index (κ1) is 19.8. The molecule has 0 unspecified atom stereocenters. The third kappa shape index (κ3) is 4.67. The van der Waals surface area contributed by atoms with Gasteiger partial charge in [-0.1, -0.05) is 18.7 Å². The monoisotopic (exact) mass is 398 g/mol. The average molecular weight is 398 g/mol. The minimum absolute atomic E-state index is 0.252. The van der Waals surface area contributed by atoms with Crippen LogP contribution in [-0.2, 0) is 16.1 Å². The first-order chi connectivity index (χ1) is 13.5. The lowest BCUT2D eigenvalue weighted by atomic mass is 10.1. The summed E-state index contributed by atoms with van der Waals surface area (Å²) < 4.78 is 5.18. The van der Waals surface area contributed by atoms with E-state index in [9.17, 15) is 14.4 Å². The maximum Gasteiger partial charge on any atom is 0.341 e. The molecule has 1 heterocycles. The summed E-state index contributed by atoms with van der Waals surface area (Å²) in [7, 11) is 0. The maximum atomic E-state index is 12.6. The van der Waals surface area contributed by atoms with Gasteiger partial charge in [-0.05, 0) is 60.4 Å². The number of hydrogen-bond donors (Lipinski definition) is 2. The van der Waals surface area contributed by atoms with Gasteiger partial charge in [0.25, 0.3) is 5.91 Å². The van der Waals surface area contributed by atoms with Gasteiger partial charge in [0, 0.05) is 12.1 Å². The standard InChI is InChI=1S/C21H22N2O4S/c1-3-17(24)22-11-13-5-7-15(8-6-13)19(25)23-20-18(21(26)27-4-2)16(12-28-20)14-9-10-14/h3,5-8,12,14H,1,4,9-11H2,2H3,(H,22,24)(H,23,25). The molecule has 7 heteroatoms. The largest absolute Gasteiger partial charge is 0.462 e. The molecule has 0 spiro atoms. The molecule has 2 aromatic rings. The quantitative estimate of drug-likeness (QED) is 0.522. The van der Waals surface area contributed by atoms with Crippen molar-refractivity contribution < 1.29 is 19.1 Å². The van der Waals surface area contributed by atoms with Crippen molar-refractivity contribution in [2.75, 3.05) is 11.9 Å². The van der Waals surface area contributed by atoms with Crippen LogP contribution in [0.5, 0.6) is 0 Å². The smallest absolute Gasteiger partial charge is 0.341 e. The van der Waals surface area contributed by atoms with Gasteiger partial charge in [-0.15, -0.1) is 11.3 Å². The Labute approximate surface area is 167 Å². The molecule has 28 heavy (non-hydrogen) atoms. The van der Waals surface area contributed by atoms with Gasteiger partial charge in [0.15, 0.2) is 0 Å². The molecule has 1 aliphatic carbocycles. The van der Waals surface area contributed by atoms with Crippen molar-refractivity contribution in [2.24, 2.45) is 0 Å². The molecule has 3 rings (SSSR count). The minimum atomic E-state index is -0.394. The van der Waals surface area contributed by atoms with Crippen LogP contribution in [0.25, 0.3) is 0 Å². The van der Waals surface area contributed by atoms with Gasteiger partial charge in [0.1, 0.15) is 5.00 Å². The van der Waals surface area contributed by atoms with Crippen LogP contribution in [0.1, 0.15) is 57.5 Å². The summed E-state index contributed by atoms with van der Waals surface area (Å²) >= 11 is 1.35. The Bertz CT molecular complexity index is 898. The zero-order valence-corrected chi connectivity index (χ0v) is 16.4. The number of thiophene rings is 1. The molecule has 0 saturated heterocycles. The summed E-state index contributed by atoms with van der Waals surface area (Å²) in [6.45, 7) is 5.81. The Morgan fingerprint density at radius 1 is 1.25 bits per heavy atom. The number of carbonyl (C=O) groups excluding carboxylic acids is 3. The maximum absolute atomic E-state index is 12.6. The number of hydrogen-bond acceptors (Lipinski definition) is 5. The van der Waals surface area contributed by atoms with Crippen LogP contribution in [0.3, 0.4) is 0 Å². The number of nitrogens with one attached hydrogen (secondary N) is 2. The lowest BCUT2D eigenvalue weighted by Crippen LogP contribution is -2.20. The summed E-state index contributed by atoms with van der Waals surface area (Å²) in [6.07, 6.45) is 3.32. The molecular weight excluding hydrogens is 376 g/mol. The number of anilines is 1. The summed E-state index contributed by atoms with van der Waals surface area (Å²) in [5.74, 6) is -0.561. The molecule has 0 atom stereocenters. The first-order valence-electron chi connectivity index (χ1n) is 9.12. The second-order valence-electron chi connectivity index (χ2n) is 6.46. The van der Waals surface area contributed by atoms with E-state index in [1.807, 2.05) is 5.38 Å². The number of carbonyl (C=O) groups is 3. The van der Waals surface area contributed by atoms with E-state index in [4.69, 9.17) is 4.74 Å². The number of esters is 1. The van der Waals surface area contributed by atoms with E-state index in [1.165, 1.54) is 17.4 Å². The van der Waals surface area contributed by atoms with E-state index >= 15 is 0 Å². The van der Waals surface area contributed by atoms with E-state index in [0.29, 0.717) is 28.6 Å². The predicted molar refractivity (Wildman–Crippen MR) is 109 cm³/mol. The van der Waals surface area contributed by atoms with Crippen LogP contribution in [0.2, 0.25) is 0 Å². The molecule has 1 fully saturated rings. The third-order valence-corrected chi connectivity index (χ3v) is 5.33. The molecule has 1 aromatic heterocycles. The number of amides is 2. The fourth-order valence-corrected chi connectivity index (χ4v) is 3.81. The average Bonchev–Trinajstić information content (AvgIpc) is 3.47. The molecule has 1 saturated carbocycles. The van der Waals surface area contributed by atoms with Gasteiger partial charge in [-0.25, -0.2) is 4.79 Å². The summed E-state index contributed by atoms with van der Waals surface area (Å²) in [5.41, 5.74) is 2.78. The molecule has 146 valence electrons. The highest BCUT2D eigenvalue weighted by Gasteiger charge is 2.32. The van der Waals surface area contributed by atoms with E-state index in [0.717, 1.165) is 24.0 Å². The Balaban J connectivity index is 1.71. The van der Waals surface area contributed by atoms with Crippen molar-refractivity contribution in [2.45, 2.75) is 32.2 Å². The SMILES string of the molecule is C=CC(=O)NCc1ccc(C(=O)Nc2scc(C3CC3)c2C(=O)OCC)cc1. The highest BCUT2D eigenvalue weighted by atomic mass is 32.1. The fraction of sp³-hybridized carbons (Fsp3) is 0.286. The van der Waals surface area contributed by atoms with Gasteiger partial charge in [-0.3, -0.25) is 9.59 Å². The van der Waals surface area contributed by atoms with E-state index in [2.05, 4.69) is 17.2 Å². The zero-order chi connectivity index (χ0) is 20.1. The fourth-order valence-electron chi connectivity index (χ4n) is 2.78. The van der Waals surface area contributed by atoms with Gasteiger partial charge in [0.05, 0.1) is 12.2 Å². The van der Waals surface area contributed by atoms with Crippen molar-refractivity contribution in [3.8, 4) is 0 Å². The summed E-state index contributed by atoms with van der Waals surface area (Å²) in [4.78, 5) is 36.2. The molecule has 2 amide bonds. The van der Waals surface area contributed by atoms with E-state index < -0.39 is 5.97 Å². The van der Waals surface area contributed by atoms with Crippen LogP contribution in [0, 0.1) is 0 Å². The molecule has 6 nitrogen and oxygen atoms in total. The molecule has 1 aromatic carbocycles. The zero-order valence-electron chi connectivity index (χ0n) is 15.6. The predicted octanol–water partition coefficient (Wildman–Crippen LogP) is 3.86. The van der Waals surface area contributed by atoms with Gasteiger partial charge >= 0.3 is 5.97 Å². The van der Waals surface area contributed by atoms with Crippen LogP contribution < -0.4 is 10.6 Å². The topological polar surface area (TPSA) is 84.5 Å². The molecule has 0 radical (unpaired) electrons. The Morgan fingerprint density at radius 3 is 2.57 bits per heavy atom. The number of rotatable bonds is 8. The second-order valence-corrected chi connectivity index (χ2v) is 7.34. The minimum Gasteiger partial charge on any atom is -0.462 e. The molecular formula is C21H22N2O4S. The van der Waals surface area contributed by atoms with E-state index in [-0.39, 0.29) is 18.4 Å². The first-order valence-corrected chi connectivity index (χ1v) is 10.0. The Kier molecular flexibility index (Phi) is 6.26. The molecule has 0 bridgehead atoms. The lowest BCUT2D eigenvalue weighted by molar-refractivity contribution is -0.116. The Hall–Kier alpha value is -2.93. The highest BCUT2D eigenvalue weighted by Crippen LogP contribution is 2.46.